The topological polar surface area (TPSA) is 92.8 Å². The van der Waals surface area contributed by atoms with Gasteiger partial charge in [-0.05, 0) is 42.2 Å². The smallest absolute Gasteiger partial charge is 0.326 e. The molecule has 1 N–H and O–H groups in total. The molecule has 158 valence electrons. The number of amides is 3. The van der Waals surface area contributed by atoms with Crippen LogP contribution in [0.2, 0.25) is 0 Å². The Bertz CT molecular complexity index is 885. The van der Waals surface area contributed by atoms with Gasteiger partial charge in [0.2, 0.25) is 11.8 Å². The molecule has 1 saturated carbocycles. The van der Waals surface area contributed by atoms with Gasteiger partial charge in [-0.3, -0.25) is 24.1 Å². The number of hydrogen-bond acceptors (Lipinski definition) is 5. The van der Waals surface area contributed by atoms with E-state index in [0.29, 0.717) is 0 Å². The van der Waals surface area contributed by atoms with Crippen LogP contribution in [0.15, 0.2) is 30.4 Å². The summed E-state index contributed by atoms with van der Waals surface area (Å²) in [5, 5.41) is 2.83. The molecule has 2 fully saturated rings. The predicted molar refractivity (Wildman–Crippen MR) is 109 cm³/mol. The summed E-state index contributed by atoms with van der Waals surface area (Å²) < 4.78 is 5.06. The third-order valence-electron chi connectivity index (χ3n) is 6.48. The lowest BCUT2D eigenvalue weighted by Gasteiger charge is -2.17. The Balaban J connectivity index is 1.32. The molecule has 0 aromatic heterocycles. The maximum Gasteiger partial charge on any atom is 0.326 e. The largest absolute Gasteiger partial charge is 0.454 e. The maximum absolute atomic E-state index is 12.6. The van der Waals surface area contributed by atoms with Gasteiger partial charge in [-0.25, -0.2) is 0 Å². The number of para-hydroxylation sites is 1. The van der Waals surface area contributed by atoms with Crippen LogP contribution < -0.4 is 5.32 Å². The fraction of sp³-hybridized carbons (Fsp3) is 0.478. The Labute approximate surface area is 175 Å². The van der Waals surface area contributed by atoms with Crippen molar-refractivity contribution in [2.75, 3.05) is 18.5 Å². The molecule has 0 unspecified atom stereocenters. The van der Waals surface area contributed by atoms with E-state index in [1.54, 1.807) is 0 Å². The molecule has 0 spiro atoms. The summed E-state index contributed by atoms with van der Waals surface area (Å²) in [5.41, 5.74) is 2.78. The van der Waals surface area contributed by atoms with E-state index in [0.717, 1.165) is 41.0 Å². The fourth-order valence-corrected chi connectivity index (χ4v) is 5.02. The summed E-state index contributed by atoms with van der Waals surface area (Å²) in [6, 6.07) is 5.85. The van der Waals surface area contributed by atoms with Crippen molar-refractivity contribution in [2.45, 2.75) is 33.1 Å². The van der Waals surface area contributed by atoms with Crippen LogP contribution in [0.4, 0.5) is 5.69 Å². The van der Waals surface area contributed by atoms with Crippen LogP contribution in [0.25, 0.3) is 0 Å². The quantitative estimate of drug-likeness (QED) is 0.422. The number of hydrogen-bond donors (Lipinski definition) is 1. The maximum atomic E-state index is 12.6. The number of fused-ring (bicyclic) bond motifs is 5. The van der Waals surface area contributed by atoms with Gasteiger partial charge in [0.1, 0.15) is 6.54 Å². The number of esters is 1. The first-order valence-electron chi connectivity index (χ1n) is 10.5. The number of nitrogens with zero attached hydrogens (tertiary/aromatic N) is 1. The number of nitrogens with one attached hydrogen (secondary N) is 1. The van der Waals surface area contributed by atoms with Gasteiger partial charge in [-0.2, -0.15) is 0 Å². The second kappa shape index (κ2) is 8.05. The van der Waals surface area contributed by atoms with Crippen molar-refractivity contribution < 1.29 is 23.9 Å². The zero-order valence-electron chi connectivity index (χ0n) is 17.2. The lowest BCUT2D eigenvalue weighted by Crippen LogP contribution is -2.38. The fourth-order valence-electron chi connectivity index (χ4n) is 5.02. The van der Waals surface area contributed by atoms with E-state index in [1.165, 1.54) is 0 Å². The van der Waals surface area contributed by atoms with E-state index in [9.17, 15) is 19.2 Å². The van der Waals surface area contributed by atoms with Gasteiger partial charge >= 0.3 is 5.97 Å². The highest BCUT2D eigenvalue weighted by Gasteiger charge is 2.59. The van der Waals surface area contributed by atoms with Gasteiger partial charge in [0.05, 0.1) is 11.8 Å². The van der Waals surface area contributed by atoms with Crippen molar-refractivity contribution in [1.29, 1.82) is 0 Å². The van der Waals surface area contributed by atoms with Crippen molar-refractivity contribution in [3.05, 3.63) is 41.5 Å². The molecule has 1 heterocycles. The number of benzene rings is 1. The first-order valence-corrected chi connectivity index (χ1v) is 10.5. The number of allylic oxidation sites excluding steroid dienone is 2. The molecule has 30 heavy (non-hydrogen) atoms. The van der Waals surface area contributed by atoms with Crippen LogP contribution in [0.3, 0.4) is 0 Å². The Morgan fingerprint density at radius 2 is 1.60 bits per heavy atom. The Kier molecular flexibility index (Phi) is 5.45. The Hall–Kier alpha value is -2.96. The number of aryl methyl sites for hydroxylation is 2. The molecule has 1 aromatic carbocycles. The van der Waals surface area contributed by atoms with Crippen LogP contribution in [-0.4, -0.2) is 41.7 Å². The van der Waals surface area contributed by atoms with Crippen molar-refractivity contribution in [3.8, 4) is 0 Å². The summed E-state index contributed by atoms with van der Waals surface area (Å²) in [5.74, 6) is -2.31. The average molecular weight is 410 g/mol. The van der Waals surface area contributed by atoms with Gasteiger partial charge in [0.15, 0.2) is 6.61 Å². The number of likely N-dealkylation sites (tertiary alicyclic amines) is 1. The summed E-state index contributed by atoms with van der Waals surface area (Å²) in [6.07, 6.45) is 6.37. The molecule has 2 bridgehead atoms. The minimum Gasteiger partial charge on any atom is -0.454 e. The predicted octanol–water partition coefficient (Wildman–Crippen LogP) is 2.10. The third-order valence-corrected chi connectivity index (χ3v) is 6.48. The number of imide groups is 1. The number of ether oxygens (including phenoxy) is 1. The van der Waals surface area contributed by atoms with Gasteiger partial charge in [-0.1, -0.05) is 44.2 Å². The van der Waals surface area contributed by atoms with E-state index < -0.39 is 25.0 Å². The van der Waals surface area contributed by atoms with Gasteiger partial charge in [-0.15, -0.1) is 0 Å². The van der Waals surface area contributed by atoms with Crippen molar-refractivity contribution >= 4 is 29.4 Å². The lowest BCUT2D eigenvalue weighted by atomic mass is 9.85. The monoisotopic (exact) mass is 410 g/mol. The Morgan fingerprint density at radius 1 is 1.03 bits per heavy atom. The van der Waals surface area contributed by atoms with Crippen LogP contribution >= 0.6 is 0 Å². The van der Waals surface area contributed by atoms with Crippen molar-refractivity contribution in [2.24, 2.45) is 23.7 Å². The molecule has 1 saturated heterocycles. The van der Waals surface area contributed by atoms with Crippen LogP contribution in [-0.2, 0) is 36.8 Å². The molecule has 7 nitrogen and oxygen atoms in total. The van der Waals surface area contributed by atoms with E-state index >= 15 is 0 Å². The van der Waals surface area contributed by atoms with E-state index in [-0.39, 0.29) is 35.5 Å². The second-order valence-electron chi connectivity index (χ2n) is 8.13. The summed E-state index contributed by atoms with van der Waals surface area (Å²) >= 11 is 0. The van der Waals surface area contributed by atoms with Gasteiger partial charge in [0.25, 0.3) is 5.91 Å². The van der Waals surface area contributed by atoms with Gasteiger partial charge in [0, 0.05) is 5.69 Å². The minimum absolute atomic E-state index is 0.0923. The van der Waals surface area contributed by atoms with E-state index in [4.69, 9.17) is 4.74 Å². The highest BCUT2D eigenvalue weighted by Crippen LogP contribution is 2.52. The van der Waals surface area contributed by atoms with Crippen LogP contribution in [0.1, 0.15) is 31.4 Å². The molecule has 2 aliphatic carbocycles. The molecular formula is C23H26N2O5. The molecular weight excluding hydrogens is 384 g/mol. The standard InChI is InChI=1S/C23H26N2O5/c1-3-13-6-5-7-14(4-2)21(13)24-17(26)12-30-18(27)11-25-22(28)19-15-8-9-16(10-15)20(19)23(25)29/h5-9,15-16,19-20H,3-4,10-12H2,1-2H3,(H,24,26)/t15-,16+,19-,20+. The van der Waals surface area contributed by atoms with E-state index in [1.807, 2.05) is 44.2 Å². The summed E-state index contributed by atoms with van der Waals surface area (Å²) in [4.78, 5) is 50.8. The van der Waals surface area contributed by atoms with Gasteiger partial charge < -0.3 is 10.1 Å². The normalized spacial score (nSPS) is 26.3. The molecule has 7 heteroatoms. The van der Waals surface area contributed by atoms with Crippen LogP contribution in [0.5, 0.6) is 0 Å². The molecule has 0 radical (unpaired) electrons. The van der Waals surface area contributed by atoms with Crippen molar-refractivity contribution in [3.63, 3.8) is 0 Å². The summed E-state index contributed by atoms with van der Waals surface area (Å²) in [7, 11) is 0. The minimum atomic E-state index is -0.758. The summed E-state index contributed by atoms with van der Waals surface area (Å²) in [6.45, 7) is 3.11. The zero-order valence-corrected chi connectivity index (χ0v) is 17.2. The lowest BCUT2D eigenvalue weighted by molar-refractivity contribution is -0.154. The zero-order chi connectivity index (χ0) is 21.4. The number of carbonyl (C=O) groups is 4. The third kappa shape index (κ3) is 3.42. The number of carbonyl (C=O) groups excluding carboxylic acids is 4. The molecule has 3 aliphatic rings. The molecule has 4 atom stereocenters. The Morgan fingerprint density at radius 3 is 2.13 bits per heavy atom. The highest BCUT2D eigenvalue weighted by molar-refractivity contribution is 6.08. The van der Waals surface area contributed by atoms with Crippen molar-refractivity contribution in [1.82, 2.24) is 4.90 Å². The number of rotatable bonds is 7. The van der Waals surface area contributed by atoms with E-state index in [2.05, 4.69) is 5.32 Å². The highest BCUT2D eigenvalue weighted by atomic mass is 16.5. The molecule has 1 aromatic rings. The SMILES string of the molecule is CCc1cccc(CC)c1NC(=O)COC(=O)CN1C(=O)[C@@H]2[C@H](C1=O)[C@@H]1C=C[C@H]2C1. The number of anilines is 1. The first kappa shape index (κ1) is 20.3. The molecule has 4 rings (SSSR count). The average Bonchev–Trinajstić information content (AvgIpc) is 3.42. The second-order valence-corrected chi connectivity index (χ2v) is 8.13. The first-order chi connectivity index (χ1) is 14.4. The molecule has 1 aliphatic heterocycles. The van der Waals surface area contributed by atoms with Crippen LogP contribution in [0, 0.1) is 23.7 Å². The molecule has 3 amide bonds.